The van der Waals surface area contributed by atoms with E-state index in [0.717, 1.165) is 39.7 Å². The third kappa shape index (κ3) is 1.54. The van der Waals surface area contributed by atoms with Crippen LogP contribution in [0.1, 0.15) is 29.3 Å². The largest absolute Gasteiger partial charge is 0.358 e. The van der Waals surface area contributed by atoms with Crippen LogP contribution in [0.15, 0.2) is 16.9 Å². The lowest BCUT2D eigenvalue weighted by Crippen LogP contribution is -2.12. The molecule has 0 aliphatic carbocycles. The summed E-state index contributed by atoms with van der Waals surface area (Å²) >= 11 is 0. The molecule has 0 unspecified atom stereocenters. The molecule has 2 heteroatoms. The number of nitrogens with one attached hydrogen (secondary N) is 1. The van der Waals surface area contributed by atoms with Crippen LogP contribution in [0.25, 0.3) is 10.9 Å². The zero-order chi connectivity index (χ0) is 11.9. The Hall–Kier alpha value is -1.57. The molecule has 2 rings (SSSR count). The Morgan fingerprint density at radius 3 is 2.50 bits per heavy atom. The highest BCUT2D eigenvalue weighted by molar-refractivity contribution is 5.83. The average molecular weight is 215 g/mol. The Balaban J connectivity index is 2.99. The van der Waals surface area contributed by atoms with E-state index >= 15 is 0 Å². The number of fused-ring (bicyclic) bond motifs is 1. The van der Waals surface area contributed by atoms with Gasteiger partial charge in [0.1, 0.15) is 0 Å². The zero-order valence-electron chi connectivity index (χ0n) is 10.3. The fraction of sp³-hybridized carbons (Fsp3) is 0.357. The highest BCUT2D eigenvalue weighted by atomic mass is 16.1. The van der Waals surface area contributed by atoms with Gasteiger partial charge in [-0.15, -0.1) is 0 Å². The first-order chi connectivity index (χ1) is 7.54. The smallest absolute Gasteiger partial charge is 0.192 e. The number of H-pyrrole nitrogens is 1. The Morgan fingerprint density at radius 2 is 1.88 bits per heavy atom. The van der Waals surface area contributed by atoms with Gasteiger partial charge < -0.3 is 4.98 Å². The summed E-state index contributed by atoms with van der Waals surface area (Å²) in [7, 11) is 0. The van der Waals surface area contributed by atoms with Crippen molar-refractivity contribution in [3.63, 3.8) is 0 Å². The normalized spacial score (nSPS) is 11.0. The summed E-state index contributed by atoms with van der Waals surface area (Å²) in [6.07, 6.45) is 0.865. The molecule has 0 atom stereocenters. The van der Waals surface area contributed by atoms with Crippen LogP contribution in [0.4, 0.5) is 0 Å². The van der Waals surface area contributed by atoms with Crippen molar-refractivity contribution in [2.75, 3.05) is 0 Å². The van der Waals surface area contributed by atoms with E-state index < -0.39 is 0 Å². The highest BCUT2D eigenvalue weighted by Gasteiger charge is 2.08. The van der Waals surface area contributed by atoms with Gasteiger partial charge in [-0.3, -0.25) is 4.79 Å². The molecule has 0 fully saturated rings. The molecule has 84 valence electrons. The number of hydrogen-bond donors (Lipinski definition) is 1. The second kappa shape index (κ2) is 3.78. The maximum Gasteiger partial charge on any atom is 0.192 e. The predicted octanol–water partition coefficient (Wildman–Crippen LogP) is 3.02. The van der Waals surface area contributed by atoms with Crippen LogP contribution in [0, 0.1) is 20.8 Å². The van der Waals surface area contributed by atoms with Crippen LogP contribution >= 0.6 is 0 Å². The van der Waals surface area contributed by atoms with Crippen LogP contribution < -0.4 is 5.43 Å². The summed E-state index contributed by atoms with van der Waals surface area (Å²) in [6, 6.07) is 4.07. The van der Waals surface area contributed by atoms with Gasteiger partial charge in [0, 0.05) is 16.6 Å². The summed E-state index contributed by atoms with van der Waals surface area (Å²) in [5, 5.41) is 0.812. The lowest BCUT2D eigenvalue weighted by Gasteiger charge is -2.09. The fourth-order valence-corrected chi connectivity index (χ4v) is 2.25. The topological polar surface area (TPSA) is 32.9 Å². The maximum absolute atomic E-state index is 12.2. The van der Waals surface area contributed by atoms with Gasteiger partial charge in [0.2, 0.25) is 0 Å². The van der Waals surface area contributed by atoms with Crippen molar-refractivity contribution in [2.24, 2.45) is 0 Å². The maximum atomic E-state index is 12.2. The molecule has 1 aromatic carbocycles. The molecule has 0 amide bonds. The van der Waals surface area contributed by atoms with Gasteiger partial charge in [0.25, 0.3) is 0 Å². The molecule has 1 heterocycles. The molecule has 0 saturated heterocycles. The SMILES string of the molecule is CCc1[nH]c2c(C)cc(C)cc2c(=O)c1C. The lowest BCUT2D eigenvalue weighted by atomic mass is 10.0. The molecule has 0 spiro atoms. The minimum atomic E-state index is 0.164. The molecular weight excluding hydrogens is 198 g/mol. The Morgan fingerprint density at radius 1 is 1.19 bits per heavy atom. The van der Waals surface area contributed by atoms with E-state index in [-0.39, 0.29) is 5.43 Å². The monoisotopic (exact) mass is 215 g/mol. The quantitative estimate of drug-likeness (QED) is 0.779. The van der Waals surface area contributed by atoms with Crippen LogP contribution in [-0.2, 0) is 6.42 Å². The van der Waals surface area contributed by atoms with Crippen molar-refractivity contribution >= 4 is 10.9 Å². The molecular formula is C14H17NO. The van der Waals surface area contributed by atoms with Crippen molar-refractivity contribution in [1.82, 2.24) is 4.98 Å². The average Bonchev–Trinajstić information content (AvgIpc) is 2.24. The summed E-state index contributed by atoms with van der Waals surface area (Å²) in [6.45, 7) is 8.03. The molecule has 16 heavy (non-hydrogen) atoms. The number of benzene rings is 1. The van der Waals surface area contributed by atoms with Gasteiger partial charge in [0.15, 0.2) is 5.43 Å². The van der Waals surface area contributed by atoms with Gasteiger partial charge in [0.05, 0.1) is 5.52 Å². The number of rotatable bonds is 1. The number of pyridine rings is 1. The van der Waals surface area contributed by atoms with Gasteiger partial charge in [-0.05, 0) is 44.4 Å². The predicted molar refractivity (Wildman–Crippen MR) is 68.2 cm³/mol. The van der Waals surface area contributed by atoms with E-state index in [1.165, 1.54) is 0 Å². The van der Waals surface area contributed by atoms with Crippen LogP contribution in [-0.4, -0.2) is 4.98 Å². The Labute approximate surface area is 95.3 Å². The van der Waals surface area contributed by atoms with Crippen LogP contribution in [0.2, 0.25) is 0 Å². The van der Waals surface area contributed by atoms with Gasteiger partial charge in [-0.2, -0.15) is 0 Å². The van der Waals surface area contributed by atoms with E-state index in [2.05, 4.69) is 18.0 Å². The van der Waals surface area contributed by atoms with E-state index in [1.807, 2.05) is 26.8 Å². The Kier molecular flexibility index (Phi) is 2.58. The van der Waals surface area contributed by atoms with E-state index in [4.69, 9.17) is 0 Å². The fourth-order valence-electron chi connectivity index (χ4n) is 2.25. The summed E-state index contributed by atoms with van der Waals surface area (Å²) in [4.78, 5) is 15.6. The second-order valence-electron chi connectivity index (χ2n) is 4.42. The van der Waals surface area contributed by atoms with Crippen molar-refractivity contribution in [2.45, 2.75) is 34.1 Å². The van der Waals surface area contributed by atoms with Gasteiger partial charge >= 0.3 is 0 Å². The second-order valence-corrected chi connectivity index (χ2v) is 4.42. The number of hydrogen-bond acceptors (Lipinski definition) is 1. The van der Waals surface area contributed by atoms with Crippen molar-refractivity contribution in [3.8, 4) is 0 Å². The molecule has 0 bridgehead atoms. The molecule has 0 saturated carbocycles. The van der Waals surface area contributed by atoms with E-state index in [1.54, 1.807) is 0 Å². The third-order valence-corrected chi connectivity index (χ3v) is 3.15. The van der Waals surface area contributed by atoms with Gasteiger partial charge in [-0.1, -0.05) is 13.0 Å². The van der Waals surface area contributed by atoms with Crippen molar-refractivity contribution < 1.29 is 0 Å². The summed E-state index contributed by atoms with van der Waals surface area (Å²) in [5.41, 5.74) is 5.32. The molecule has 1 aromatic heterocycles. The molecule has 1 N–H and O–H groups in total. The standard InChI is InChI=1S/C14H17NO/c1-5-12-10(4)14(16)11-7-8(2)6-9(3)13(11)15-12/h6-7H,5H2,1-4H3,(H,15,16). The van der Waals surface area contributed by atoms with Crippen molar-refractivity contribution in [1.29, 1.82) is 0 Å². The van der Waals surface area contributed by atoms with E-state index in [9.17, 15) is 4.79 Å². The first-order valence-electron chi connectivity index (χ1n) is 5.67. The van der Waals surface area contributed by atoms with Crippen LogP contribution in [0.5, 0.6) is 0 Å². The van der Waals surface area contributed by atoms with Gasteiger partial charge in [-0.25, -0.2) is 0 Å². The van der Waals surface area contributed by atoms with E-state index in [0.29, 0.717) is 0 Å². The summed E-state index contributed by atoms with van der Waals surface area (Å²) < 4.78 is 0. The number of aromatic nitrogens is 1. The van der Waals surface area contributed by atoms with Crippen LogP contribution in [0.3, 0.4) is 0 Å². The molecule has 2 nitrogen and oxygen atoms in total. The first kappa shape index (κ1) is 10.9. The lowest BCUT2D eigenvalue weighted by molar-refractivity contribution is 1.02. The molecule has 0 aliphatic heterocycles. The molecule has 2 aromatic rings. The number of aryl methyl sites for hydroxylation is 3. The first-order valence-corrected chi connectivity index (χ1v) is 5.67. The molecule has 0 aliphatic rings. The van der Waals surface area contributed by atoms with Crippen molar-refractivity contribution in [3.05, 3.63) is 44.7 Å². The summed E-state index contributed by atoms with van der Waals surface area (Å²) in [5.74, 6) is 0. The molecule has 0 radical (unpaired) electrons. The third-order valence-electron chi connectivity index (χ3n) is 3.15. The highest BCUT2D eigenvalue weighted by Crippen LogP contribution is 2.17. The minimum Gasteiger partial charge on any atom is -0.358 e. The minimum absolute atomic E-state index is 0.164. The zero-order valence-corrected chi connectivity index (χ0v) is 10.3. The Bertz CT molecular complexity index is 608. The number of aromatic amines is 1.